The number of rotatable bonds is 7. The molecular formula is C18H33ClN3NaO13. The van der Waals surface area contributed by atoms with Gasteiger partial charge in [0.1, 0.15) is 36.6 Å². The van der Waals surface area contributed by atoms with Crippen LogP contribution in [0.4, 0.5) is 0 Å². The molecule has 0 aromatic rings. The van der Waals surface area contributed by atoms with Gasteiger partial charge in [-0.05, 0) is 6.10 Å². The molecule has 3 saturated heterocycles. The average Bonchev–Trinajstić information content (AvgIpc) is 2.85. The summed E-state index contributed by atoms with van der Waals surface area (Å²) in [6.07, 6.45) is -15.7. The summed E-state index contributed by atoms with van der Waals surface area (Å²) < 4.78 is 27.3. The Kier molecular flexibility index (Phi) is 12.2. The van der Waals surface area contributed by atoms with E-state index in [9.17, 15) is 40.9 Å². The van der Waals surface area contributed by atoms with Crippen LogP contribution in [0.1, 0.15) is 0 Å². The van der Waals surface area contributed by atoms with Gasteiger partial charge in [0.25, 0.3) is 0 Å². The van der Waals surface area contributed by atoms with Gasteiger partial charge in [-0.2, -0.15) is 0 Å². The molecule has 36 heavy (non-hydrogen) atoms. The standard InChI is InChI=1S/C18H33ClN3O13.Na/c19-18(3-25)14(29)11(28)8(22)17(35-18)34-13-5(2-24)32-16(7(21)10(13)27)33-12-4(1-23)31-15(30)6(20)9(12)26;/h4-13,15-17,23-30H,1-3,20-22H2;/q-1;+1/t4-,5-,6-,7-,8-,9-,10-,11-,12?,13?,15-,16+,17+,18+;/m1./s1. The Balaban J connectivity index is 0.00000456. The molecule has 2 unspecified atom stereocenters. The summed E-state index contributed by atoms with van der Waals surface area (Å²) in [4.78, 5) is 0. The van der Waals surface area contributed by atoms with Crippen molar-refractivity contribution in [2.75, 3.05) is 19.8 Å². The van der Waals surface area contributed by atoms with E-state index in [-0.39, 0.29) is 29.6 Å². The summed E-state index contributed by atoms with van der Waals surface area (Å²) in [6, 6.07) is -4.08. The van der Waals surface area contributed by atoms with Gasteiger partial charge in [-0.15, -0.1) is 17.7 Å². The van der Waals surface area contributed by atoms with E-state index in [1.165, 1.54) is 0 Å². The quantitative estimate of drug-likeness (QED) is 0.0786. The van der Waals surface area contributed by atoms with E-state index in [2.05, 4.69) is 0 Å². The molecule has 0 aromatic carbocycles. The second-order valence-corrected chi connectivity index (χ2v) is 9.20. The van der Waals surface area contributed by atoms with Crippen molar-refractivity contribution in [1.29, 1.82) is 0 Å². The molecule has 0 bridgehead atoms. The summed E-state index contributed by atoms with van der Waals surface area (Å²) in [5, 5.41) is 77.7. The van der Waals surface area contributed by atoms with Gasteiger partial charge in [0.05, 0.1) is 43.0 Å². The van der Waals surface area contributed by atoms with Crippen LogP contribution in [0.2, 0.25) is 0 Å². The number of aliphatic hydroxyl groups excluding tert-OH is 8. The van der Waals surface area contributed by atoms with Crippen LogP contribution in [0.25, 0.3) is 0 Å². The summed E-state index contributed by atoms with van der Waals surface area (Å²) in [5.41, 5.74) is 17.6. The molecule has 0 saturated carbocycles. The molecule has 3 aliphatic heterocycles. The van der Waals surface area contributed by atoms with Gasteiger partial charge >= 0.3 is 29.6 Å². The minimum absolute atomic E-state index is 0. The molecule has 14 atom stereocenters. The summed E-state index contributed by atoms with van der Waals surface area (Å²) in [7, 11) is 0. The van der Waals surface area contributed by atoms with Crippen LogP contribution >= 0.6 is 11.6 Å². The third-order valence-corrected chi connectivity index (χ3v) is 6.65. The van der Waals surface area contributed by atoms with Crippen molar-refractivity contribution in [2.24, 2.45) is 17.2 Å². The number of aliphatic hydroxyl groups is 8. The molecule has 3 fully saturated rings. The number of alkyl halides is 1. The molecule has 14 N–H and O–H groups in total. The first-order chi connectivity index (χ1) is 16.4. The molecule has 3 rings (SSSR count). The number of nitrogens with two attached hydrogens (primary N) is 3. The maximum Gasteiger partial charge on any atom is 1.00 e. The molecule has 0 aliphatic carbocycles. The first kappa shape index (κ1) is 32.9. The normalized spacial score (nSPS) is 50.5. The third kappa shape index (κ3) is 6.34. The molecule has 0 spiro atoms. The Bertz CT molecular complexity index is 705. The van der Waals surface area contributed by atoms with Gasteiger partial charge in [0, 0.05) is 0 Å². The SMILES string of the molecule is N[C@H]1[C@@H](OC2[C@@H](CO)O[C@@H](OC3[C@@H](CO)O[C@@H](O)[C@H](N)[C@H]3O)[C@H](N)[C@H]2O)O[C@@](Cl)(CO)[C-](O)[C@@H]1O.[Na+]. The fourth-order valence-electron chi connectivity index (χ4n) is 4.07. The molecule has 3 aliphatic rings. The van der Waals surface area contributed by atoms with Crippen LogP contribution in [0.3, 0.4) is 0 Å². The predicted octanol–water partition coefficient (Wildman–Crippen LogP) is -9.56. The van der Waals surface area contributed by atoms with E-state index in [4.69, 9.17) is 52.5 Å². The van der Waals surface area contributed by atoms with Gasteiger partial charge in [-0.1, -0.05) is 0 Å². The maximum atomic E-state index is 10.8. The Morgan fingerprint density at radius 3 is 1.83 bits per heavy atom. The van der Waals surface area contributed by atoms with Crippen molar-refractivity contribution < 1.29 is 94.1 Å². The van der Waals surface area contributed by atoms with Crippen LogP contribution in [0, 0.1) is 6.10 Å². The van der Waals surface area contributed by atoms with Crippen molar-refractivity contribution in [3.63, 3.8) is 0 Å². The number of hydrogen-bond donors (Lipinski definition) is 11. The summed E-state index contributed by atoms with van der Waals surface area (Å²) in [6.45, 7) is -2.37. The van der Waals surface area contributed by atoms with E-state index in [0.29, 0.717) is 0 Å². The second kappa shape index (κ2) is 13.3. The molecule has 0 radical (unpaired) electrons. The van der Waals surface area contributed by atoms with E-state index < -0.39 is 111 Å². The van der Waals surface area contributed by atoms with Crippen molar-refractivity contribution in [1.82, 2.24) is 0 Å². The average molecular weight is 558 g/mol. The largest absolute Gasteiger partial charge is 1.00 e. The summed E-state index contributed by atoms with van der Waals surface area (Å²) >= 11 is 5.99. The fourth-order valence-corrected chi connectivity index (χ4v) is 4.27. The zero-order valence-corrected chi connectivity index (χ0v) is 22.1. The predicted molar refractivity (Wildman–Crippen MR) is 111 cm³/mol. The van der Waals surface area contributed by atoms with E-state index in [1.54, 1.807) is 0 Å². The maximum absolute atomic E-state index is 10.8. The molecule has 16 nitrogen and oxygen atoms in total. The first-order valence-electron chi connectivity index (χ1n) is 10.8. The Morgan fingerprint density at radius 1 is 0.806 bits per heavy atom. The van der Waals surface area contributed by atoms with Gasteiger partial charge < -0.3 is 81.7 Å². The van der Waals surface area contributed by atoms with Crippen molar-refractivity contribution in [3.8, 4) is 0 Å². The minimum Gasteiger partial charge on any atom is -0.556 e. The van der Waals surface area contributed by atoms with Gasteiger partial charge in [0.15, 0.2) is 18.9 Å². The molecule has 3 heterocycles. The molecule has 206 valence electrons. The third-order valence-electron chi connectivity index (χ3n) is 6.25. The molecule has 0 aromatic heterocycles. The number of halogens is 1. The number of hydrogen-bond acceptors (Lipinski definition) is 16. The van der Waals surface area contributed by atoms with E-state index in [0.717, 1.165) is 0 Å². The Hall–Kier alpha value is 0.650. The zero-order chi connectivity index (χ0) is 26.2. The van der Waals surface area contributed by atoms with Crippen molar-refractivity contribution in [2.45, 2.75) is 84.8 Å². The van der Waals surface area contributed by atoms with Gasteiger partial charge in [-0.25, -0.2) is 0 Å². The Morgan fingerprint density at radius 2 is 1.31 bits per heavy atom. The zero-order valence-electron chi connectivity index (χ0n) is 19.4. The van der Waals surface area contributed by atoms with Gasteiger partial charge in [-0.3, -0.25) is 0 Å². The van der Waals surface area contributed by atoms with Crippen LogP contribution in [0.15, 0.2) is 0 Å². The van der Waals surface area contributed by atoms with Crippen LogP contribution in [0.5, 0.6) is 0 Å². The van der Waals surface area contributed by atoms with E-state index in [1.807, 2.05) is 0 Å². The Labute approximate surface area is 233 Å². The van der Waals surface area contributed by atoms with Crippen molar-refractivity contribution >= 4 is 11.6 Å². The van der Waals surface area contributed by atoms with Crippen LogP contribution in [-0.4, -0.2) is 145 Å². The molecular weight excluding hydrogens is 525 g/mol. The second-order valence-electron chi connectivity index (χ2n) is 8.59. The molecule has 18 heteroatoms. The number of ether oxygens (including phenoxy) is 5. The fraction of sp³-hybridized carbons (Fsp3) is 0.944. The monoisotopic (exact) mass is 557 g/mol. The molecule has 0 amide bonds. The van der Waals surface area contributed by atoms with Crippen molar-refractivity contribution in [3.05, 3.63) is 6.10 Å². The van der Waals surface area contributed by atoms with E-state index >= 15 is 0 Å². The smallest absolute Gasteiger partial charge is 0.556 e. The van der Waals surface area contributed by atoms with Crippen LogP contribution < -0.4 is 46.8 Å². The topological polar surface area (TPSA) is 286 Å². The van der Waals surface area contributed by atoms with Crippen LogP contribution in [-0.2, 0) is 23.7 Å². The van der Waals surface area contributed by atoms with Gasteiger partial charge in [0.2, 0.25) is 0 Å². The first-order valence-corrected chi connectivity index (χ1v) is 11.1. The minimum atomic E-state index is -2.25. The summed E-state index contributed by atoms with van der Waals surface area (Å²) in [5.74, 6) is 0.